The largest absolute Gasteiger partial charge is 0.396 e. The number of ether oxygens (including phenoxy) is 1. The molecule has 0 aromatic carbocycles. The second kappa shape index (κ2) is 9.87. The Morgan fingerprint density at radius 1 is 1.38 bits per heavy atom. The zero-order valence-electron chi connectivity index (χ0n) is 16.6. The number of aromatic nitrogens is 3. The molecule has 8 heteroatoms. The van der Waals surface area contributed by atoms with E-state index >= 15 is 0 Å². The van der Waals surface area contributed by atoms with Gasteiger partial charge in [0.25, 0.3) is 0 Å². The Labute approximate surface area is 156 Å². The van der Waals surface area contributed by atoms with Crippen LogP contribution in [-0.2, 0) is 24.3 Å². The highest BCUT2D eigenvalue weighted by Crippen LogP contribution is 2.25. The summed E-state index contributed by atoms with van der Waals surface area (Å²) in [5.74, 6) is 2.56. The van der Waals surface area contributed by atoms with Crippen molar-refractivity contribution in [3.8, 4) is 0 Å². The molecule has 1 aliphatic rings. The topological polar surface area (TPSA) is 96.6 Å². The zero-order chi connectivity index (χ0) is 19.0. The molecule has 0 bridgehead atoms. The van der Waals surface area contributed by atoms with Gasteiger partial charge in [-0.3, -0.25) is 4.99 Å². The Kier molecular flexibility index (Phi) is 7.84. The predicted octanol–water partition coefficient (Wildman–Crippen LogP) is 1.09. The maximum Gasteiger partial charge on any atom is 0.191 e. The summed E-state index contributed by atoms with van der Waals surface area (Å²) >= 11 is 0. The number of aliphatic hydroxyl groups excluding tert-OH is 1. The second-order valence-electron chi connectivity index (χ2n) is 7.00. The van der Waals surface area contributed by atoms with Crippen molar-refractivity contribution >= 4 is 5.96 Å². The highest BCUT2D eigenvalue weighted by molar-refractivity contribution is 5.80. The molecule has 0 saturated heterocycles. The number of fused-ring (bicyclic) bond motifs is 1. The molecule has 1 unspecified atom stereocenters. The zero-order valence-corrected chi connectivity index (χ0v) is 16.6. The van der Waals surface area contributed by atoms with E-state index in [0.29, 0.717) is 13.2 Å². The summed E-state index contributed by atoms with van der Waals surface area (Å²) in [6, 6.07) is 0.254. The van der Waals surface area contributed by atoms with E-state index in [1.165, 1.54) is 0 Å². The molecule has 0 spiro atoms. The molecular formula is C18H34N6O2. The highest BCUT2D eigenvalue weighted by atomic mass is 16.5. The molecule has 2 heterocycles. The van der Waals surface area contributed by atoms with Crippen molar-refractivity contribution in [3.63, 3.8) is 0 Å². The molecule has 0 saturated carbocycles. The van der Waals surface area contributed by atoms with Crippen molar-refractivity contribution in [2.45, 2.75) is 65.6 Å². The third kappa shape index (κ3) is 5.17. The summed E-state index contributed by atoms with van der Waals surface area (Å²) in [6.07, 6.45) is 3.70. The number of hydrogen-bond donors (Lipinski definition) is 3. The minimum Gasteiger partial charge on any atom is -0.396 e. The molecule has 0 radical (unpaired) electrons. The molecule has 1 aliphatic heterocycles. The molecule has 1 atom stereocenters. The van der Waals surface area contributed by atoms with Crippen LogP contribution in [0.1, 0.15) is 51.7 Å². The molecule has 3 N–H and O–H groups in total. The molecule has 0 amide bonds. The van der Waals surface area contributed by atoms with Gasteiger partial charge < -0.3 is 20.5 Å². The van der Waals surface area contributed by atoms with Crippen molar-refractivity contribution < 1.29 is 9.84 Å². The monoisotopic (exact) mass is 366 g/mol. The lowest BCUT2D eigenvalue weighted by atomic mass is 9.83. The first-order valence-electron chi connectivity index (χ1n) is 9.67. The molecule has 148 valence electrons. The van der Waals surface area contributed by atoms with Gasteiger partial charge in [0.1, 0.15) is 12.4 Å². The number of nitrogens with zero attached hydrogens (tertiary/aromatic N) is 4. The summed E-state index contributed by atoms with van der Waals surface area (Å²) < 4.78 is 7.09. The lowest BCUT2D eigenvalue weighted by Gasteiger charge is -2.29. The van der Waals surface area contributed by atoms with Gasteiger partial charge in [0, 0.05) is 31.5 Å². The van der Waals surface area contributed by atoms with Crippen LogP contribution in [0.4, 0.5) is 0 Å². The number of aliphatic imine (C=N–C) groups is 1. The summed E-state index contributed by atoms with van der Waals surface area (Å²) in [5, 5.41) is 21.1. The summed E-state index contributed by atoms with van der Waals surface area (Å²) in [6.45, 7) is 9.07. The number of methoxy groups -OCH3 is 1. The van der Waals surface area contributed by atoms with E-state index in [4.69, 9.17) is 9.73 Å². The summed E-state index contributed by atoms with van der Waals surface area (Å²) in [7, 11) is 1.66. The third-order valence-corrected chi connectivity index (χ3v) is 5.27. The maximum atomic E-state index is 9.76. The van der Waals surface area contributed by atoms with Crippen molar-refractivity contribution in [3.05, 3.63) is 11.6 Å². The molecular weight excluding hydrogens is 332 g/mol. The molecule has 1 aromatic heterocycles. The fraction of sp³-hybridized carbons (Fsp3) is 0.833. The molecule has 0 aliphatic carbocycles. The first-order valence-corrected chi connectivity index (χ1v) is 9.67. The van der Waals surface area contributed by atoms with Crippen LogP contribution in [0.2, 0.25) is 0 Å². The minimum absolute atomic E-state index is 0.136. The van der Waals surface area contributed by atoms with Gasteiger partial charge in [-0.15, -0.1) is 0 Å². The third-order valence-electron chi connectivity index (χ3n) is 5.27. The van der Waals surface area contributed by atoms with Crippen LogP contribution in [0.15, 0.2) is 4.99 Å². The molecule has 2 rings (SSSR count). The normalized spacial score (nSPS) is 17.9. The van der Waals surface area contributed by atoms with E-state index in [1.807, 2.05) is 4.68 Å². The Balaban J connectivity index is 2.02. The van der Waals surface area contributed by atoms with Gasteiger partial charge in [-0.05, 0) is 26.2 Å². The smallest absolute Gasteiger partial charge is 0.191 e. The van der Waals surface area contributed by atoms with E-state index in [-0.39, 0.29) is 18.1 Å². The van der Waals surface area contributed by atoms with Crippen LogP contribution in [0.25, 0.3) is 0 Å². The predicted molar refractivity (Wildman–Crippen MR) is 102 cm³/mol. The fourth-order valence-corrected chi connectivity index (χ4v) is 3.18. The number of nitrogens with one attached hydrogen (secondary N) is 2. The van der Waals surface area contributed by atoms with E-state index in [0.717, 1.165) is 56.4 Å². The summed E-state index contributed by atoms with van der Waals surface area (Å²) in [4.78, 5) is 9.27. The van der Waals surface area contributed by atoms with Gasteiger partial charge in [0.2, 0.25) is 0 Å². The van der Waals surface area contributed by atoms with Crippen LogP contribution in [0.5, 0.6) is 0 Å². The number of rotatable bonds is 9. The quantitative estimate of drug-likeness (QED) is 0.447. The Hall–Kier alpha value is -1.67. The average Bonchev–Trinajstić information content (AvgIpc) is 3.05. The van der Waals surface area contributed by atoms with E-state index in [2.05, 4.69) is 41.5 Å². The number of aryl methyl sites for hydroxylation is 1. The Morgan fingerprint density at radius 2 is 2.15 bits per heavy atom. The van der Waals surface area contributed by atoms with E-state index < -0.39 is 0 Å². The number of aliphatic hydroxyl groups is 1. The van der Waals surface area contributed by atoms with Crippen LogP contribution >= 0.6 is 0 Å². The average molecular weight is 367 g/mol. The Morgan fingerprint density at radius 3 is 2.77 bits per heavy atom. The van der Waals surface area contributed by atoms with Gasteiger partial charge >= 0.3 is 0 Å². The number of hydrogen-bond acceptors (Lipinski definition) is 5. The number of guanidine groups is 1. The molecule has 1 aromatic rings. The van der Waals surface area contributed by atoms with Crippen molar-refractivity contribution in [2.24, 2.45) is 10.4 Å². The molecule has 8 nitrogen and oxygen atoms in total. The van der Waals surface area contributed by atoms with Crippen molar-refractivity contribution in [1.82, 2.24) is 25.4 Å². The van der Waals surface area contributed by atoms with Crippen LogP contribution < -0.4 is 10.6 Å². The first-order chi connectivity index (χ1) is 12.6. The van der Waals surface area contributed by atoms with Crippen LogP contribution in [0, 0.1) is 5.41 Å². The van der Waals surface area contributed by atoms with Crippen molar-refractivity contribution in [1.29, 1.82) is 0 Å². The van der Waals surface area contributed by atoms with Crippen LogP contribution in [0.3, 0.4) is 0 Å². The van der Waals surface area contributed by atoms with Crippen molar-refractivity contribution in [2.75, 3.05) is 26.8 Å². The summed E-state index contributed by atoms with van der Waals surface area (Å²) in [5.41, 5.74) is -0.136. The van der Waals surface area contributed by atoms with Gasteiger partial charge in [0.15, 0.2) is 11.8 Å². The fourth-order valence-electron chi connectivity index (χ4n) is 3.18. The first kappa shape index (κ1) is 20.6. The molecule has 26 heavy (non-hydrogen) atoms. The Bertz CT molecular complexity index is 574. The van der Waals surface area contributed by atoms with Gasteiger partial charge in [-0.1, -0.05) is 13.8 Å². The van der Waals surface area contributed by atoms with Crippen LogP contribution in [-0.4, -0.2) is 58.7 Å². The lowest BCUT2D eigenvalue weighted by Crippen LogP contribution is -2.47. The highest BCUT2D eigenvalue weighted by Gasteiger charge is 2.26. The molecule has 0 fully saturated rings. The van der Waals surface area contributed by atoms with Gasteiger partial charge in [-0.2, -0.15) is 5.10 Å². The SMILES string of the molecule is CCNC(=NCC(CC)(CC)CO)NC1CCc2nc(COC)nn2C1. The lowest BCUT2D eigenvalue weighted by molar-refractivity contribution is 0.123. The van der Waals surface area contributed by atoms with E-state index in [1.54, 1.807) is 7.11 Å². The minimum atomic E-state index is -0.136. The van der Waals surface area contributed by atoms with Gasteiger partial charge in [-0.25, -0.2) is 9.67 Å². The maximum absolute atomic E-state index is 9.76. The van der Waals surface area contributed by atoms with Gasteiger partial charge in [0.05, 0.1) is 19.7 Å². The second-order valence-corrected chi connectivity index (χ2v) is 7.00. The van der Waals surface area contributed by atoms with E-state index in [9.17, 15) is 5.11 Å². The standard InChI is InChI=1S/C18H34N6O2/c1-5-18(6-2,13-25)12-20-17(19-7-3)21-14-8-9-16-22-15(11-26-4)23-24(16)10-14/h14,25H,5-13H2,1-4H3,(H2,19,20,21).